The molecule has 1 aromatic rings. The molecule has 1 fully saturated rings. The Morgan fingerprint density at radius 1 is 1.50 bits per heavy atom. The standard InChI is InChI=1S/C12H13BrN2O/c13-11-4-3-9(7-14)6-12(11)16-10-2-1-5-15-8-10/h3-4,6,10,15H,1-2,5,8H2. The van der Waals surface area contributed by atoms with E-state index in [0.29, 0.717) is 5.56 Å². The van der Waals surface area contributed by atoms with E-state index in [0.717, 1.165) is 36.2 Å². The zero-order valence-electron chi connectivity index (χ0n) is 8.87. The van der Waals surface area contributed by atoms with Gasteiger partial charge in [-0.1, -0.05) is 0 Å². The highest BCUT2D eigenvalue weighted by Crippen LogP contribution is 2.27. The number of ether oxygens (including phenoxy) is 1. The monoisotopic (exact) mass is 280 g/mol. The third-order valence-electron chi connectivity index (χ3n) is 2.61. The quantitative estimate of drug-likeness (QED) is 0.905. The molecule has 16 heavy (non-hydrogen) atoms. The van der Waals surface area contributed by atoms with Crippen molar-refractivity contribution in [3.8, 4) is 11.8 Å². The molecule has 1 saturated heterocycles. The van der Waals surface area contributed by atoms with Gasteiger partial charge in [0.15, 0.2) is 0 Å². The van der Waals surface area contributed by atoms with Crippen molar-refractivity contribution in [2.24, 2.45) is 0 Å². The molecule has 0 saturated carbocycles. The highest BCUT2D eigenvalue weighted by molar-refractivity contribution is 9.10. The summed E-state index contributed by atoms with van der Waals surface area (Å²) in [4.78, 5) is 0. The van der Waals surface area contributed by atoms with Crippen molar-refractivity contribution in [1.82, 2.24) is 5.32 Å². The number of halogens is 1. The third-order valence-corrected chi connectivity index (χ3v) is 3.26. The van der Waals surface area contributed by atoms with E-state index in [1.54, 1.807) is 12.1 Å². The number of nitrogens with zero attached hydrogens (tertiary/aromatic N) is 1. The predicted octanol–water partition coefficient (Wildman–Crippen LogP) is 2.45. The lowest BCUT2D eigenvalue weighted by Crippen LogP contribution is -2.37. The van der Waals surface area contributed by atoms with Crippen LogP contribution in [0, 0.1) is 11.3 Å². The molecule has 3 nitrogen and oxygen atoms in total. The molecule has 0 aromatic heterocycles. The van der Waals surface area contributed by atoms with Gasteiger partial charge in [-0.15, -0.1) is 0 Å². The zero-order valence-corrected chi connectivity index (χ0v) is 10.5. The van der Waals surface area contributed by atoms with E-state index in [4.69, 9.17) is 10.00 Å². The minimum Gasteiger partial charge on any atom is -0.488 e. The van der Waals surface area contributed by atoms with Crippen LogP contribution in [0.1, 0.15) is 18.4 Å². The second kappa shape index (κ2) is 5.33. The van der Waals surface area contributed by atoms with E-state index in [2.05, 4.69) is 27.3 Å². The Kier molecular flexibility index (Phi) is 3.81. The Morgan fingerprint density at radius 3 is 3.06 bits per heavy atom. The number of benzene rings is 1. The van der Waals surface area contributed by atoms with Gasteiger partial charge in [-0.3, -0.25) is 0 Å². The Balaban J connectivity index is 2.10. The number of hydrogen-bond donors (Lipinski definition) is 1. The van der Waals surface area contributed by atoms with Crippen LogP contribution in [0.3, 0.4) is 0 Å². The summed E-state index contributed by atoms with van der Waals surface area (Å²) >= 11 is 3.43. The van der Waals surface area contributed by atoms with Crippen molar-refractivity contribution in [2.45, 2.75) is 18.9 Å². The van der Waals surface area contributed by atoms with Crippen LogP contribution in [-0.4, -0.2) is 19.2 Å². The lowest BCUT2D eigenvalue weighted by atomic mass is 10.1. The smallest absolute Gasteiger partial charge is 0.135 e. The first-order valence-corrected chi connectivity index (χ1v) is 6.16. The van der Waals surface area contributed by atoms with Gasteiger partial charge in [0.2, 0.25) is 0 Å². The van der Waals surface area contributed by atoms with E-state index in [1.165, 1.54) is 0 Å². The number of nitrogens with one attached hydrogen (secondary N) is 1. The average molecular weight is 281 g/mol. The number of hydrogen-bond acceptors (Lipinski definition) is 3. The molecule has 1 aliphatic rings. The Morgan fingerprint density at radius 2 is 2.38 bits per heavy atom. The molecule has 1 aliphatic heterocycles. The van der Waals surface area contributed by atoms with Crippen LogP contribution in [0.2, 0.25) is 0 Å². The van der Waals surface area contributed by atoms with E-state index >= 15 is 0 Å². The molecule has 0 radical (unpaired) electrons. The fourth-order valence-corrected chi connectivity index (χ4v) is 2.10. The van der Waals surface area contributed by atoms with Gasteiger partial charge in [-0.25, -0.2) is 0 Å². The van der Waals surface area contributed by atoms with Crippen LogP contribution >= 0.6 is 15.9 Å². The zero-order chi connectivity index (χ0) is 11.4. The number of rotatable bonds is 2. The van der Waals surface area contributed by atoms with Crippen LogP contribution in [0.15, 0.2) is 22.7 Å². The summed E-state index contributed by atoms with van der Waals surface area (Å²) in [6.45, 7) is 1.95. The van der Waals surface area contributed by atoms with Crippen LogP contribution in [0.25, 0.3) is 0 Å². The molecule has 2 rings (SSSR count). The summed E-state index contributed by atoms with van der Waals surface area (Å²) in [6.07, 6.45) is 2.41. The minimum atomic E-state index is 0.207. The lowest BCUT2D eigenvalue weighted by Gasteiger charge is -2.24. The molecular formula is C12H13BrN2O. The van der Waals surface area contributed by atoms with E-state index in [-0.39, 0.29) is 6.10 Å². The van der Waals surface area contributed by atoms with E-state index in [9.17, 15) is 0 Å². The molecule has 0 amide bonds. The average Bonchev–Trinajstić information content (AvgIpc) is 2.33. The molecule has 0 spiro atoms. The van der Waals surface area contributed by atoms with Crippen LogP contribution in [0.5, 0.6) is 5.75 Å². The van der Waals surface area contributed by atoms with Gasteiger partial charge in [0.25, 0.3) is 0 Å². The Labute approximate surface area is 104 Å². The predicted molar refractivity (Wildman–Crippen MR) is 65.4 cm³/mol. The van der Waals surface area contributed by atoms with Crippen molar-refractivity contribution in [1.29, 1.82) is 5.26 Å². The fourth-order valence-electron chi connectivity index (χ4n) is 1.76. The van der Waals surface area contributed by atoms with Gasteiger partial charge in [-0.2, -0.15) is 5.26 Å². The van der Waals surface area contributed by atoms with Crippen molar-refractivity contribution < 1.29 is 4.74 Å². The maximum atomic E-state index is 8.83. The molecule has 1 N–H and O–H groups in total. The molecule has 1 unspecified atom stereocenters. The molecule has 0 bridgehead atoms. The van der Waals surface area contributed by atoms with E-state index < -0.39 is 0 Å². The topological polar surface area (TPSA) is 45.0 Å². The Hall–Kier alpha value is -1.05. The molecule has 84 valence electrons. The van der Waals surface area contributed by atoms with Crippen molar-refractivity contribution in [3.05, 3.63) is 28.2 Å². The highest BCUT2D eigenvalue weighted by Gasteiger charge is 2.15. The fraction of sp³-hybridized carbons (Fsp3) is 0.417. The second-order valence-electron chi connectivity index (χ2n) is 3.84. The van der Waals surface area contributed by atoms with Crippen LogP contribution < -0.4 is 10.1 Å². The van der Waals surface area contributed by atoms with Gasteiger partial charge in [0, 0.05) is 6.54 Å². The maximum Gasteiger partial charge on any atom is 0.135 e. The molecule has 1 atom stereocenters. The van der Waals surface area contributed by atoms with Crippen LogP contribution in [-0.2, 0) is 0 Å². The number of nitriles is 1. The first kappa shape index (κ1) is 11.4. The largest absolute Gasteiger partial charge is 0.488 e. The van der Waals surface area contributed by atoms with Gasteiger partial charge < -0.3 is 10.1 Å². The lowest BCUT2D eigenvalue weighted by molar-refractivity contribution is 0.166. The summed E-state index contributed by atoms with van der Waals surface area (Å²) < 4.78 is 6.77. The summed E-state index contributed by atoms with van der Waals surface area (Å²) in [5.74, 6) is 0.757. The summed E-state index contributed by atoms with van der Waals surface area (Å²) in [5.41, 5.74) is 0.627. The minimum absolute atomic E-state index is 0.207. The van der Waals surface area contributed by atoms with Crippen molar-refractivity contribution >= 4 is 15.9 Å². The molecule has 0 aliphatic carbocycles. The van der Waals surface area contributed by atoms with Crippen molar-refractivity contribution in [3.63, 3.8) is 0 Å². The normalized spacial score (nSPS) is 20.1. The van der Waals surface area contributed by atoms with Crippen LogP contribution in [0.4, 0.5) is 0 Å². The first-order valence-electron chi connectivity index (χ1n) is 5.36. The number of piperidine rings is 1. The molecule has 1 heterocycles. The van der Waals surface area contributed by atoms with Gasteiger partial charge in [0.05, 0.1) is 16.1 Å². The third kappa shape index (κ3) is 2.75. The van der Waals surface area contributed by atoms with Crippen molar-refractivity contribution in [2.75, 3.05) is 13.1 Å². The summed E-state index contributed by atoms with van der Waals surface area (Å²) in [6, 6.07) is 7.52. The summed E-state index contributed by atoms with van der Waals surface area (Å²) in [7, 11) is 0. The summed E-state index contributed by atoms with van der Waals surface area (Å²) in [5, 5.41) is 12.1. The Bertz CT molecular complexity index is 408. The van der Waals surface area contributed by atoms with E-state index in [1.807, 2.05) is 6.07 Å². The van der Waals surface area contributed by atoms with Gasteiger partial charge in [0.1, 0.15) is 11.9 Å². The highest BCUT2D eigenvalue weighted by atomic mass is 79.9. The van der Waals surface area contributed by atoms with Gasteiger partial charge in [-0.05, 0) is 53.5 Å². The SMILES string of the molecule is N#Cc1ccc(Br)c(OC2CCCNC2)c1. The molecule has 4 heteroatoms. The first-order chi connectivity index (χ1) is 7.79. The second-order valence-corrected chi connectivity index (χ2v) is 4.70. The molecular weight excluding hydrogens is 268 g/mol. The molecule has 1 aromatic carbocycles. The maximum absolute atomic E-state index is 8.83. The van der Waals surface area contributed by atoms with Gasteiger partial charge >= 0.3 is 0 Å².